The van der Waals surface area contributed by atoms with E-state index in [0.717, 1.165) is 10.6 Å². The van der Waals surface area contributed by atoms with Crippen LogP contribution in [0, 0.1) is 0 Å². The molecule has 2 aliphatic heterocycles. The number of urea groups is 1. The summed E-state index contributed by atoms with van der Waals surface area (Å²) in [6.07, 6.45) is 0. The Morgan fingerprint density at radius 1 is 1.17 bits per heavy atom. The number of halogens is 1. The van der Waals surface area contributed by atoms with Crippen molar-refractivity contribution in [3.8, 4) is 0 Å². The molecule has 0 saturated carbocycles. The first-order valence-electron chi connectivity index (χ1n) is 7.79. The molecule has 128 valence electrons. The van der Waals surface area contributed by atoms with E-state index in [9.17, 15) is 14.4 Å². The van der Waals surface area contributed by atoms with Gasteiger partial charge in [-0.05, 0) is 18.2 Å². The van der Waals surface area contributed by atoms with Gasteiger partial charge in [-0.25, -0.2) is 4.79 Å². The van der Waals surface area contributed by atoms with Crippen LogP contribution in [0.25, 0.3) is 0 Å². The molecule has 24 heavy (non-hydrogen) atoms. The van der Waals surface area contributed by atoms with E-state index in [1.54, 1.807) is 11.9 Å². The largest absolute Gasteiger partial charge is 0.368 e. The Hall–Kier alpha value is -2.28. The number of amides is 4. The summed E-state index contributed by atoms with van der Waals surface area (Å²) in [6, 6.07) is 7.20. The predicted octanol–water partition coefficient (Wildman–Crippen LogP) is 0.883. The number of benzene rings is 1. The Bertz CT molecular complexity index is 673. The van der Waals surface area contributed by atoms with E-state index in [2.05, 4.69) is 4.90 Å². The number of carbonyl (C=O) groups is 3. The van der Waals surface area contributed by atoms with Gasteiger partial charge in [-0.1, -0.05) is 17.7 Å². The molecule has 4 amide bonds. The molecule has 0 bridgehead atoms. The lowest BCUT2D eigenvalue weighted by atomic mass is 10.2. The van der Waals surface area contributed by atoms with Crippen LogP contribution in [-0.2, 0) is 9.59 Å². The minimum absolute atomic E-state index is 0.0364. The van der Waals surface area contributed by atoms with Gasteiger partial charge in [-0.2, -0.15) is 0 Å². The number of hydrogen-bond acceptors (Lipinski definition) is 4. The van der Waals surface area contributed by atoms with Crippen molar-refractivity contribution in [2.24, 2.45) is 0 Å². The molecule has 0 aliphatic carbocycles. The quantitative estimate of drug-likeness (QED) is 0.759. The van der Waals surface area contributed by atoms with Crippen molar-refractivity contribution in [2.75, 3.05) is 51.2 Å². The number of imide groups is 1. The molecule has 0 N–H and O–H groups in total. The van der Waals surface area contributed by atoms with Crippen molar-refractivity contribution in [1.82, 2.24) is 14.7 Å². The van der Waals surface area contributed by atoms with Crippen LogP contribution in [0.2, 0.25) is 5.02 Å². The highest BCUT2D eigenvalue weighted by atomic mass is 35.5. The van der Waals surface area contributed by atoms with Crippen LogP contribution in [0.3, 0.4) is 0 Å². The first-order chi connectivity index (χ1) is 11.5. The van der Waals surface area contributed by atoms with Gasteiger partial charge in [0.2, 0.25) is 5.91 Å². The van der Waals surface area contributed by atoms with Crippen molar-refractivity contribution >= 4 is 35.1 Å². The van der Waals surface area contributed by atoms with E-state index in [4.69, 9.17) is 11.6 Å². The Balaban J connectivity index is 1.56. The highest BCUT2D eigenvalue weighted by molar-refractivity contribution is 6.30. The Labute approximate surface area is 145 Å². The van der Waals surface area contributed by atoms with E-state index in [0.29, 0.717) is 31.2 Å². The van der Waals surface area contributed by atoms with E-state index in [-0.39, 0.29) is 24.9 Å². The van der Waals surface area contributed by atoms with Crippen LogP contribution in [0.1, 0.15) is 0 Å². The Morgan fingerprint density at radius 2 is 1.88 bits per heavy atom. The zero-order valence-electron chi connectivity index (χ0n) is 13.4. The van der Waals surface area contributed by atoms with Crippen LogP contribution < -0.4 is 4.90 Å². The lowest BCUT2D eigenvalue weighted by Crippen LogP contribution is -2.52. The standard InChI is InChI=1S/C16H19ClN4O3/c1-18-10-15(23)21(16(18)24)11-14(22)20-7-5-19(6-8-20)13-4-2-3-12(17)9-13/h2-4,9H,5-8,10-11H2,1H3. The zero-order valence-corrected chi connectivity index (χ0v) is 14.2. The van der Waals surface area contributed by atoms with Crippen LogP contribution in [0.4, 0.5) is 10.5 Å². The maximum Gasteiger partial charge on any atom is 0.327 e. The van der Waals surface area contributed by atoms with Crippen molar-refractivity contribution in [2.45, 2.75) is 0 Å². The van der Waals surface area contributed by atoms with Crippen LogP contribution in [0.5, 0.6) is 0 Å². The molecule has 1 aromatic carbocycles. The number of hydrogen-bond donors (Lipinski definition) is 0. The topological polar surface area (TPSA) is 64.2 Å². The summed E-state index contributed by atoms with van der Waals surface area (Å²) in [4.78, 5) is 42.2. The number of carbonyl (C=O) groups excluding carboxylic acids is 3. The second-order valence-electron chi connectivity index (χ2n) is 5.97. The molecule has 0 atom stereocenters. The van der Waals surface area contributed by atoms with Gasteiger partial charge < -0.3 is 14.7 Å². The molecule has 2 aliphatic rings. The summed E-state index contributed by atoms with van der Waals surface area (Å²) in [6.45, 7) is 2.34. The van der Waals surface area contributed by atoms with Crippen LogP contribution in [-0.4, -0.2) is 78.9 Å². The Morgan fingerprint density at radius 3 is 2.46 bits per heavy atom. The molecule has 2 saturated heterocycles. The fourth-order valence-corrected chi connectivity index (χ4v) is 3.13. The minimum Gasteiger partial charge on any atom is -0.368 e. The third kappa shape index (κ3) is 3.31. The number of piperazine rings is 1. The van der Waals surface area contributed by atoms with Crippen molar-refractivity contribution in [3.05, 3.63) is 29.3 Å². The van der Waals surface area contributed by atoms with E-state index < -0.39 is 6.03 Å². The molecule has 3 rings (SSSR count). The predicted molar refractivity (Wildman–Crippen MR) is 90.0 cm³/mol. The first kappa shape index (κ1) is 16.6. The molecular formula is C16H19ClN4O3. The number of anilines is 1. The van der Waals surface area contributed by atoms with Gasteiger partial charge in [-0.15, -0.1) is 0 Å². The van der Waals surface area contributed by atoms with Crippen molar-refractivity contribution in [3.63, 3.8) is 0 Å². The van der Waals surface area contributed by atoms with E-state index in [1.807, 2.05) is 24.3 Å². The van der Waals surface area contributed by atoms with Crippen LogP contribution in [0.15, 0.2) is 24.3 Å². The molecule has 0 spiro atoms. The van der Waals surface area contributed by atoms with E-state index >= 15 is 0 Å². The summed E-state index contributed by atoms with van der Waals surface area (Å²) in [7, 11) is 1.55. The summed E-state index contributed by atoms with van der Waals surface area (Å²) >= 11 is 6.01. The van der Waals surface area contributed by atoms with Gasteiger partial charge in [0.1, 0.15) is 13.1 Å². The fourth-order valence-electron chi connectivity index (χ4n) is 2.95. The molecule has 0 radical (unpaired) electrons. The van der Waals surface area contributed by atoms with Gasteiger partial charge in [0.15, 0.2) is 0 Å². The third-order valence-electron chi connectivity index (χ3n) is 4.33. The van der Waals surface area contributed by atoms with Crippen molar-refractivity contribution < 1.29 is 14.4 Å². The summed E-state index contributed by atoms with van der Waals surface area (Å²) in [5.74, 6) is -0.522. The second-order valence-corrected chi connectivity index (χ2v) is 6.40. The smallest absolute Gasteiger partial charge is 0.327 e. The lowest BCUT2D eigenvalue weighted by molar-refractivity contribution is -0.136. The highest BCUT2D eigenvalue weighted by Gasteiger charge is 2.36. The monoisotopic (exact) mass is 350 g/mol. The second kappa shape index (κ2) is 6.68. The van der Waals surface area contributed by atoms with Gasteiger partial charge in [0.25, 0.3) is 5.91 Å². The maximum atomic E-state index is 12.4. The normalized spacial score (nSPS) is 18.6. The Kier molecular flexibility index (Phi) is 4.62. The van der Waals surface area contributed by atoms with Gasteiger partial charge >= 0.3 is 6.03 Å². The maximum absolute atomic E-state index is 12.4. The fraction of sp³-hybridized carbons (Fsp3) is 0.438. The van der Waals surface area contributed by atoms with Crippen LogP contribution >= 0.6 is 11.6 Å². The van der Waals surface area contributed by atoms with Gasteiger partial charge in [0.05, 0.1) is 0 Å². The minimum atomic E-state index is -0.411. The molecule has 2 fully saturated rings. The molecule has 7 nitrogen and oxygen atoms in total. The molecule has 0 aromatic heterocycles. The number of likely N-dealkylation sites (N-methyl/N-ethyl adjacent to an activating group) is 1. The van der Waals surface area contributed by atoms with E-state index in [1.165, 1.54) is 4.90 Å². The number of rotatable bonds is 3. The molecule has 0 unspecified atom stereocenters. The SMILES string of the molecule is CN1CC(=O)N(CC(=O)N2CCN(c3cccc(Cl)c3)CC2)C1=O. The van der Waals surface area contributed by atoms with Crippen molar-refractivity contribution in [1.29, 1.82) is 0 Å². The van der Waals surface area contributed by atoms with Gasteiger partial charge in [0, 0.05) is 43.9 Å². The third-order valence-corrected chi connectivity index (χ3v) is 4.57. The zero-order chi connectivity index (χ0) is 17.3. The van der Waals surface area contributed by atoms with Gasteiger partial charge in [-0.3, -0.25) is 14.5 Å². The molecule has 8 heteroatoms. The highest BCUT2D eigenvalue weighted by Crippen LogP contribution is 2.21. The molecule has 1 aromatic rings. The first-order valence-corrected chi connectivity index (χ1v) is 8.17. The summed E-state index contributed by atoms with van der Waals surface area (Å²) in [5, 5.41) is 0.682. The summed E-state index contributed by atoms with van der Waals surface area (Å²) < 4.78 is 0. The number of nitrogens with zero attached hydrogens (tertiary/aromatic N) is 4. The molecular weight excluding hydrogens is 332 g/mol. The molecule has 2 heterocycles. The average molecular weight is 351 g/mol. The summed E-state index contributed by atoms with van der Waals surface area (Å²) in [5.41, 5.74) is 1.03. The lowest BCUT2D eigenvalue weighted by Gasteiger charge is -2.36. The average Bonchev–Trinajstić information content (AvgIpc) is 2.81.